The van der Waals surface area contributed by atoms with Gasteiger partial charge in [-0.25, -0.2) is 4.57 Å². The SMILES string of the molecule is C[C@H](C[n+]1c[nH]c2c(Nc3ccccc3)nc(N)nc21)OCP(=O)(O)O. The van der Waals surface area contributed by atoms with Crippen LogP contribution in [0.3, 0.4) is 0 Å². The summed E-state index contributed by atoms with van der Waals surface area (Å²) in [5.74, 6) is 0.634. The number of benzene rings is 1. The number of H-pyrrole nitrogens is 1. The average molecular weight is 379 g/mol. The Labute approximate surface area is 149 Å². The summed E-state index contributed by atoms with van der Waals surface area (Å²) in [7, 11) is -4.21. The van der Waals surface area contributed by atoms with E-state index in [0.717, 1.165) is 5.69 Å². The van der Waals surface area contributed by atoms with Crippen molar-refractivity contribution in [1.82, 2.24) is 15.0 Å². The van der Waals surface area contributed by atoms with E-state index in [9.17, 15) is 4.57 Å². The second kappa shape index (κ2) is 7.38. The van der Waals surface area contributed by atoms with Gasteiger partial charge in [0.2, 0.25) is 5.52 Å². The Bertz CT molecular complexity index is 942. The summed E-state index contributed by atoms with van der Waals surface area (Å²) in [6, 6.07) is 9.52. The van der Waals surface area contributed by atoms with Crippen LogP contribution in [-0.4, -0.2) is 37.2 Å². The summed E-state index contributed by atoms with van der Waals surface area (Å²) in [6.45, 7) is 2.05. The summed E-state index contributed by atoms with van der Waals surface area (Å²) < 4.78 is 17.9. The van der Waals surface area contributed by atoms with Crippen LogP contribution in [0.5, 0.6) is 0 Å². The Morgan fingerprint density at radius 3 is 2.77 bits per heavy atom. The molecule has 0 saturated carbocycles. The Morgan fingerprint density at radius 2 is 2.08 bits per heavy atom. The molecule has 6 N–H and O–H groups in total. The first kappa shape index (κ1) is 18.3. The monoisotopic (exact) mass is 379 g/mol. The summed E-state index contributed by atoms with van der Waals surface area (Å²) in [5, 5.41) is 3.19. The van der Waals surface area contributed by atoms with Crippen LogP contribution in [-0.2, 0) is 15.8 Å². The molecule has 10 nitrogen and oxygen atoms in total. The number of rotatable bonds is 7. The van der Waals surface area contributed by atoms with Crippen molar-refractivity contribution in [3.8, 4) is 0 Å². The molecule has 3 aromatic rings. The third kappa shape index (κ3) is 4.55. The number of hydrogen-bond donors (Lipinski definition) is 5. The van der Waals surface area contributed by atoms with Crippen LogP contribution in [0.25, 0.3) is 11.2 Å². The van der Waals surface area contributed by atoms with Crippen LogP contribution in [0.4, 0.5) is 17.5 Å². The number of aromatic amines is 1. The number of ether oxygens (including phenoxy) is 1. The first-order chi connectivity index (χ1) is 12.3. The molecule has 0 aliphatic heterocycles. The van der Waals surface area contributed by atoms with E-state index in [0.29, 0.717) is 23.5 Å². The number of fused-ring (bicyclic) bond motifs is 1. The molecular weight excluding hydrogens is 359 g/mol. The Kier molecular flexibility index (Phi) is 5.19. The van der Waals surface area contributed by atoms with Gasteiger partial charge in [-0.05, 0) is 19.1 Å². The summed E-state index contributed by atoms with van der Waals surface area (Å²) in [5.41, 5.74) is 7.90. The van der Waals surface area contributed by atoms with E-state index in [2.05, 4.69) is 20.3 Å². The molecule has 11 heteroatoms. The van der Waals surface area contributed by atoms with Crippen molar-refractivity contribution in [2.45, 2.75) is 19.6 Å². The summed E-state index contributed by atoms with van der Waals surface area (Å²) >= 11 is 0. The molecule has 0 aliphatic carbocycles. The molecule has 0 aliphatic rings. The number of nitrogens with one attached hydrogen (secondary N) is 2. The van der Waals surface area contributed by atoms with Gasteiger partial charge in [-0.15, -0.1) is 0 Å². The van der Waals surface area contributed by atoms with Crippen molar-refractivity contribution in [2.75, 3.05) is 17.4 Å². The lowest BCUT2D eigenvalue weighted by atomic mass is 10.3. The predicted molar refractivity (Wildman–Crippen MR) is 95.7 cm³/mol. The molecule has 1 aromatic carbocycles. The zero-order chi connectivity index (χ0) is 18.7. The lowest BCUT2D eigenvalue weighted by molar-refractivity contribution is -0.679. The van der Waals surface area contributed by atoms with Crippen molar-refractivity contribution >= 4 is 36.2 Å². The van der Waals surface area contributed by atoms with Gasteiger partial charge >= 0.3 is 13.2 Å². The van der Waals surface area contributed by atoms with Crippen molar-refractivity contribution in [2.24, 2.45) is 0 Å². The van der Waals surface area contributed by atoms with Crippen molar-refractivity contribution < 1.29 is 23.7 Å². The van der Waals surface area contributed by atoms with Crippen LogP contribution in [0, 0.1) is 0 Å². The van der Waals surface area contributed by atoms with E-state index in [-0.39, 0.29) is 5.95 Å². The maximum Gasteiger partial charge on any atom is 0.350 e. The summed E-state index contributed by atoms with van der Waals surface area (Å²) in [6.07, 6.45) is 0.620. The molecule has 26 heavy (non-hydrogen) atoms. The molecule has 2 aromatic heterocycles. The normalized spacial score (nSPS) is 13.0. The zero-order valence-corrected chi connectivity index (χ0v) is 14.9. The standard InChI is InChI=1S/C15H19N6O4P/c1-10(25-9-26(22,23)24)7-21-8-17-12-13(19-15(16)20-14(12)21)18-11-5-3-2-4-6-11/h2-6,8,10H,7,9H2,1H3,(H5,16,18,19,20,22,23,24)/p+1/t10-/m1/s1. The number of para-hydroxylation sites is 1. The van der Waals surface area contributed by atoms with Gasteiger partial charge in [-0.1, -0.05) is 23.2 Å². The Balaban J connectivity index is 1.84. The fourth-order valence-electron chi connectivity index (χ4n) is 2.45. The Hall–Kier alpha value is -2.52. The second-order valence-corrected chi connectivity index (χ2v) is 7.40. The minimum absolute atomic E-state index is 0.105. The van der Waals surface area contributed by atoms with Gasteiger partial charge in [0.15, 0.2) is 12.1 Å². The quantitative estimate of drug-likeness (QED) is 0.303. The largest absolute Gasteiger partial charge is 0.363 e. The number of imidazole rings is 1. The highest BCUT2D eigenvalue weighted by atomic mass is 31.2. The highest BCUT2D eigenvalue weighted by Gasteiger charge is 2.22. The Morgan fingerprint density at radius 1 is 1.35 bits per heavy atom. The number of nitrogens with two attached hydrogens (primary N) is 1. The van der Waals surface area contributed by atoms with Crippen molar-refractivity contribution in [3.05, 3.63) is 36.7 Å². The van der Waals surface area contributed by atoms with Crippen LogP contribution in [0.1, 0.15) is 6.92 Å². The number of anilines is 3. The molecule has 0 unspecified atom stereocenters. The van der Waals surface area contributed by atoms with E-state index in [1.807, 2.05) is 30.3 Å². The van der Waals surface area contributed by atoms with E-state index < -0.39 is 20.0 Å². The van der Waals surface area contributed by atoms with Crippen molar-refractivity contribution in [3.63, 3.8) is 0 Å². The second-order valence-electron chi connectivity index (χ2n) is 5.82. The highest BCUT2D eigenvalue weighted by Crippen LogP contribution is 2.34. The van der Waals surface area contributed by atoms with Crippen LogP contribution in [0.15, 0.2) is 36.7 Å². The van der Waals surface area contributed by atoms with Gasteiger partial charge in [-0.3, -0.25) is 9.55 Å². The molecule has 2 heterocycles. The van der Waals surface area contributed by atoms with E-state index >= 15 is 0 Å². The maximum atomic E-state index is 10.9. The lowest BCUT2D eigenvalue weighted by Gasteiger charge is -2.12. The molecule has 0 saturated heterocycles. The fourth-order valence-corrected chi connectivity index (χ4v) is 2.90. The first-order valence-electron chi connectivity index (χ1n) is 7.84. The van der Waals surface area contributed by atoms with Gasteiger partial charge in [0.25, 0.3) is 5.95 Å². The number of nitrogen functional groups attached to an aromatic ring is 1. The molecule has 138 valence electrons. The van der Waals surface area contributed by atoms with Crippen LogP contribution < -0.4 is 15.6 Å². The minimum Gasteiger partial charge on any atom is -0.363 e. The minimum atomic E-state index is -4.21. The fraction of sp³-hybridized carbons (Fsp3) is 0.267. The van der Waals surface area contributed by atoms with E-state index in [1.165, 1.54) is 0 Å². The van der Waals surface area contributed by atoms with E-state index in [1.54, 1.807) is 17.8 Å². The third-order valence-corrected chi connectivity index (χ3v) is 4.05. The maximum absolute atomic E-state index is 10.9. The number of nitrogens with zero attached hydrogens (tertiary/aromatic N) is 3. The molecule has 1 atom stereocenters. The predicted octanol–water partition coefficient (Wildman–Crippen LogP) is 1.11. The topological polar surface area (TPSA) is 150 Å². The first-order valence-corrected chi connectivity index (χ1v) is 9.64. The van der Waals surface area contributed by atoms with Gasteiger partial charge in [-0.2, -0.15) is 4.98 Å². The summed E-state index contributed by atoms with van der Waals surface area (Å²) in [4.78, 5) is 29.4. The molecule has 0 amide bonds. The molecule has 0 fully saturated rings. The van der Waals surface area contributed by atoms with E-state index in [4.69, 9.17) is 20.3 Å². The van der Waals surface area contributed by atoms with Crippen LogP contribution >= 0.6 is 7.60 Å². The molecular formula is C15H20N6O4P+. The molecule has 0 spiro atoms. The van der Waals surface area contributed by atoms with Crippen molar-refractivity contribution in [1.29, 1.82) is 0 Å². The third-order valence-electron chi connectivity index (χ3n) is 3.56. The lowest BCUT2D eigenvalue weighted by Crippen LogP contribution is -2.39. The van der Waals surface area contributed by atoms with Gasteiger partial charge in [0, 0.05) is 5.69 Å². The van der Waals surface area contributed by atoms with Gasteiger partial charge in [0.1, 0.15) is 6.35 Å². The highest BCUT2D eigenvalue weighted by molar-refractivity contribution is 7.51. The number of hydrogen-bond acceptors (Lipinski definition) is 6. The van der Waals surface area contributed by atoms with Crippen LogP contribution in [0.2, 0.25) is 0 Å². The molecule has 0 radical (unpaired) electrons. The molecule has 3 rings (SSSR count). The average Bonchev–Trinajstić information content (AvgIpc) is 2.96. The zero-order valence-electron chi connectivity index (χ0n) is 14.0. The number of aromatic nitrogens is 4. The molecule has 0 bridgehead atoms. The van der Waals surface area contributed by atoms with Gasteiger partial charge in [0.05, 0.1) is 12.6 Å². The smallest absolute Gasteiger partial charge is 0.350 e. The van der Waals surface area contributed by atoms with Gasteiger partial charge < -0.3 is 25.6 Å².